The van der Waals surface area contributed by atoms with Gasteiger partial charge >= 0.3 is 0 Å². The molecule has 0 unspecified atom stereocenters. The fourth-order valence-corrected chi connectivity index (χ4v) is 1.46. The van der Waals surface area contributed by atoms with Crippen LogP contribution in [0.2, 0.25) is 0 Å². The van der Waals surface area contributed by atoms with Gasteiger partial charge in [0.2, 0.25) is 5.69 Å². The number of aromatic hydroxyl groups is 1. The quantitative estimate of drug-likeness (QED) is 0.365. The molecular weight excluding hydrogens is 190 g/mol. The van der Waals surface area contributed by atoms with Crippen molar-refractivity contribution in [3.8, 4) is 5.75 Å². The summed E-state index contributed by atoms with van der Waals surface area (Å²) in [6.45, 7) is 1.24. The molecule has 0 amide bonds. The number of hydrogen-bond acceptors (Lipinski definition) is 4. The Morgan fingerprint density at radius 3 is 2.69 bits per heavy atom. The van der Waals surface area contributed by atoms with Crippen molar-refractivity contribution in [1.29, 1.82) is 0 Å². The maximum absolute atomic E-state index is 11.1. The summed E-state index contributed by atoms with van der Waals surface area (Å²) in [5.74, 6) is 0.209. The largest absolute Gasteiger partial charge is 0.618 e. The summed E-state index contributed by atoms with van der Waals surface area (Å²) in [5, 5.41) is 29.5. The van der Waals surface area contributed by atoms with E-state index in [0.717, 1.165) is 0 Å². The van der Waals surface area contributed by atoms with Gasteiger partial charge in [0.15, 0.2) is 11.9 Å². The lowest BCUT2D eigenvalue weighted by molar-refractivity contribution is -0.613. The summed E-state index contributed by atoms with van der Waals surface area (Å²) < 4.78 is 0.536. The van der Waals surface area contributed by atoms with Gasteiger partial charge in [-0.25, -0.2) is 0 Å². The number of thiol groups is 1. The van der Waals surface area contributed by atoms with Crippen molar-refractivity contribution in [3.63, 3.8) is 0 Å². The maximum atomic E-state index is 11.1. The van der Waals surface area contributed by atoms with E-state index in [9.17, 15) is 10.3 Å². The van der Waals surface area contributed by atoms with E-state index < -0.39 is 0 Å². The first-order valence-electron chi connectivity index (χ1n) is 3.77. The van der Waals surface area contributed by atoms with Gasteiger partial charge in [0.25, 0.3) is 0 Å². The summed E-state index contributed by atoms with van der Waals surface area (Å²) in [6.07, 6.45) is 1.25. The zero-order valence-electron chi connectivity index (χ0n) is 7.19. The summed E-state index contributed by atoms with van der Waals surface area (Å²) in [5.41, 5.74) is 1.14. The molecule has 0 radical (unpaired) electrons. The molecule has 0 fully saturated rings. The number of rotatable bonds is 2. The van der Waals surface area contributed by atoms with Crippen LogP contribution in [0.15, 0.2) is 6.20 Å². The molecule has 0 atom stereocenters. The molecule has 1 aromatic heterocycles. The highest BCUT2D eigenvalue weighted by atomic mass is 32.1. The zero-order chi connectivity index (χ0) is 10.0. The van der Waals surface area contributed by atoms with Crippen LogP contribution in [0.5, 0.6) is 5.75 Å². The van der Waals surface area contributed by atoms with Crippen LogP contribution in [0.3, 0.4) is 0 Å². The van der Waals surface area contributed by atoms with Gasteiger partial charge in [-0.2, -0.15) is 17.4 Å². The summed E-state index contributed by atoms with van der Waals surface area (Å²) in [7, 11) is 0. The summed E-state index contributed by atoms with van der Waals surface area (Å²) >= 11 is 4.00. The monoisotopic (exact) mass is 201 g/mol. The molecule has 1 aromatic rings. The Kier molecular flexibility index (Phi) is 3.00. The second-order valence-corrected chi connectivity index (χ2v) is 3.03. The average Bonchev–Trinajstić information content (AvgIpc) is 2.13. The third-order valence-corrected chi connectivity index (χ3v) is 2.26. The van der Waals surface area contributed by atoms with Crippen LogP contribution in [0.4, 0.5) is 0 Å². The molecule has 72 valence electrons. The number of aliphatic hydroxyl groups is 1. The normalized spacial score (nSPS) is 10.4. The third kappa shape index (κ3) is 1.71. The lowest BCUT2D eigenvalue weighted by Gasteiger charge is -2.09. The topological polar surface area (TPSA) is 67.4 Å². The Morgan fingerprint density at radius 2 is 2.23 bits per heavy atom. The Morgan fingerprint density at radius 1 is 1.62 bits per heavy atom. The van der Waals surface area contributed by atoms with E-state index in [1.165, 1.54) is 13.1 Å². The molecule has 0 aliphatic carbocycles. The van der Waals surface area contributed by atoms with Gasteiger partial charge in [0.1, 0.15) is 0 Å². The molecule has 0 aromatic carbocycles. The van der Waals surface area contributed by atoms with Crippen LogP contribution in [-0.4, -0.2) is 10.2 Å². The minimum atomic E-state index is -0.272. The number of nitrogens with zero attached hydrogens (tertiary/aromatic N) is 1. The smallest absolute Gasteiger partial charge is 0.231 e. The Hall–Kier alpha value is -0.940. The lowest BCUT2D eigenvalue weighted by atomic mass is 10.1. The molecule has 4 nitrogen and oxygen atoms in total. The van der Waals surface area contributed by atoms with Crippen LogP contribution in [0.1, 0.15) is 16.8 Å². The SMILES string of the molecule is Cc1c(O)c(CS)c(CO)c[n+]1[O-]. The molecule has 0 bridgehead atoms. The van der Waals surface area contributed by atoms with Crippen molar-refractivity contribution in [3.05, 3.63) is 28.2 Å². The van der Waals surface area contributed by atoms with Gasteiger partial charge < -0.3 is 15.4 Å². The van der Waals surface area contributed by atoms with E-state index in [-0.39, 0.29) is 18.1 Å². The van der Waals surface area contributed by atoms with E-state index in [1.807, 2.05) is 0 Å². The molecule has 13 heavy (non-hydrogen) atoms. The minimum absolute atomic E-state index is 0.0865. The second-order valence-electron chi connectivity index (χ2n) is 2.71. The number of pyridine rings is 1. The summed E-state index contributed by atoms with van der Waals surface area (Å²) in [6, 6.07) is 0. The molecule has 1 heterocycles. The highest BCUT2D eigenvalue weighted by Gasteiger charge is 2.16. The Balaban J connectivity index is 3.39. The molecule has 0 aliphatic heterocycles. The molecule has 2 N–H and O–H groups in total. The number of aliphatic hydroxyl groups excluding tert-OH is 1. The van der Waals surface area contributed by atoms with Gasteiger partial charge in [0, 0.05) is 18.2 Å². The maximum Gasteiger partial charge on any atom is 0.231 e. The summed E-state index contributed by atoms with van der Waals surface area (Å²) in [4.78, 5) is 0. The van der Waals surface area contributed by atoms with Gasteiger partial charge in [0.05, 0.1) is 12.2 Å². The van der Waals surface area contributed by atoms with Gasteiger partial charge in [-0.3, -0.25) is 0 Å². The van der Waals surface area contributed by atoms with Crippen molar-refractivity contribution >= 4 is 12.6 Å². The van der Waals surface area contributed by atoms with E-state index in [2.05, 4.69) is 12.6 Å². The third-order valence-electron chi connectivity index (χ3n) is 1.95. The van der Waals surface area contributed by atoms with E-state index in [1.54, 1.807) is 0 Å². The molecule has 1 rings (SSSR count). The lowest BCUT2D eigenvalue weighted by Crippen LogP contribution is -2.31. The highest BCUT2D eigenvalue weighted by Crippen LogP contribution is 2.23. The van der Waals surface area contributed by atoms with Crippen LogP contribution < -0.4 is 4.73 Å². The van der Waals surface area contributed by atoms with Gasteiger partial charge in [-0.1, -0.05) is 0 Å². The predicted molar refractivity (Wildman–Crippen MR) is 50.4 cm³/mol. The first-order valence-corrected chi connectivity index (χ1v) is 4.40. The predicted octanol–water partition coefficient (Wildman–Crippen LogP) is 0.256. The van der Waals surface area contributed by atoms with Crippen LogP contribution >= 0.6 is 12.6 Å². The van der Waals surface area contributed by atoms with E-state index in [4.69, 9.17) is 5.11 Å². The second kappa shape index (κ2) is 3.85. The molecule has 0 aliphatic rings. The van der Waals surface area contributed by atoms with Crippen molar-refractivity contribution in [2.75, 3.05) is 0 Å². The van der Waals surface area contributed by atoms with Crippen LogP contribution in [0, 0.1) is 12.1 Å². The fraction of sp³-hybridized carbons (Fsp3) is 0.375. The van der Waals surface area contributed by atoms with Crippen molar-refractivity contribution in [2.45, 2.75) is 19.3 Å². The zero-order valence-corrected chi connectivity index (χ0v) is 8.08. The number of hydrogen-bond donors (Lipinski definition) is 3. The van der Waals surface area contributed by atoms with Crippen molar-refractivity contribution in [1.82, 2.24) is 0 Å². The highest BCUT2D eigenvalue weighted by molar-refractivity contribution is 7.79. The molecule has 0 saturated carbocycles. The Bertz CT molecular complexity index is 328. The first-order chi connectivity index (χ1) is 6.11. The number of aromatic nitrogens is 1. The first kappa shape index (κ1) is 10.1. The molecule has 0 saturated heterocycles. The molecule has 0 spiro atoms. The average molecular weight is 201 g/mol. The minimum Gasteiger partial charge on any atom is -0.618 e. The van der Waals surface area contributed by atoms with Crippen molar-refractivity contribution < 1.29 is 14.9 Å². The van der Waals surface area contributed by atoms with Crippen molar-refractivity contribution in [2.24, 2.45) is 0 Å². The van der Waals surface area contributed by atoms with E-state index in [0.29, 0.717) is 21.6 Å². The standard InChI is InChI=1S/C8H11NO3S/c1-5-8(11)7(4-13)6(3-10)2-9(5)12/h2,10-11,13H,3-4H2,1H3. The Labute approximate surface area is 81.4 Å². The fourth-order valence-electron chi connectivity index (χ4n) is 1.10. The van der Waals surface area contributed by atoms with Gasteiger partial charge in [-0.15, -0.1) is 0 Å². The van der Waals surface area contributed by atoms with Crippen LogP contribution in [-0.2, 0) is 12.4 Å². The van der Waals surface area contributed by atoms with E-state index >= 15 is 0 Å². The molecular formula is C8H11NO3S. The van der Waals surface area contributed by atoms with Crippen LogP contribution in [0.25, 0.3) is 0 Å². The van der Waals surface area contributed by atoms with Gasteiger partial charge in [-0.05, 0) is 0 Å². The molecule has 5 heteroatoms.